The third kappa shape index (κ3) is 3.75. The Morgan fingerprint density at radius 1 is 1.33 bits per heavy atom. The zero-order chi connectivity index (χ0) is 15.2. The molecular formula is C14H18N4O2S. The summed E-state index contributed by atoms with van der Waals surface area (Å²) in [6.45, 7) is 4.50. The largest absolute Gasteiger partial charge is 0.494 e. The molecule has 0 aliphatic rings. The summed E-state index contributed by atoms with van der Waals surface area (Å²) >= 11 is 1.42. The summed E-state index contributed by atoms with van der Waals surface area (Å²) < 4.78 is 7.07. The third-order valence-electron chi connectivity index (χ3n) is 2.78. The van der Waals surface area contributed by atoms with Gasteiger partial charge in [0, 0.05) is 5.56 Å². The number of aromatic nitrogens is 3. The van der Waals surface area contributed by atoms with E-state index in [1.165, 1.54) is 11.8 Å². The number of aryl methyl sites for hydroxylation is 1. The van der Waals surface area contributed by atoms with Gasteiger partial charge >= 0.3 is 0 Å². The topological polar surface area (TPSA) is 69.0 Å². The number of nitrogens with zero attached hydrogens (tertiary/aromatic N) is 3. The molecule has 0 aliphatic carbocycles. The van der Waals surface area contributed by atoms with Gasteiger partial charge in [-0.15, -0.1) is 10.2 Å². The number of carbonyl (C=O) groups excluding carboxylic acids is 1. The second-order valence-corrected chi connectivity index (χ2v) is 5.16. The molecule has 21 heavy (non-hydrogen) atoms. The number of hydrogen-bond donors (Lipinski definition) is 1. The van der Waals surface area contributed by atoms with Gasteiger partial charge in [0.2, 0.25) is 5.16 Å². The van der Waals surface area contributed by atoms with Gasteiger partial charge in [0.05, 0.1) is 6.61 Å². The highest BCUT2D eigenvalue weighted by atomic mass is 32.2. The summed E-state index contributed by atoms with van der Waals surface area (Å²) in [7, 11) is 0. The number of thioether (sulfide) groups is 1. The summed E-state index contributed by atoms with van der Waals surface area (Å²) in [6.07, 6.45) is 2.83. The Balaban J connectivity index is 2.08. The van der Waals surface area contributed by atoms with Crippen LogP contribution in [0, 0.1) is 6.92 Å². The molecule has 1 aromatic carbocycles. The molecule has 0 aliphatic heterocycles. The lowest BCUT2D eigenvalue weighted by Crippen LogP contribution is -2.24. The van der Waals surface area contributed by atoms with E-state index in [1.807, 2.05) is 13.2 Å². The van der Waals surface area contributed by atoms with Crippen molar-refractivity contribution in [2.24, 2.45) is 0 Å². The van der Waals surface area contributed by atoms with Crippen LogP contribution in [0.15, 0.2) is 29.4 Å². The maximum Gasteiger partial charge on any atom is 0.270 e. The third-order valence-corrected chi connectivity index (χ3v) is 3.41. The quantitative estimate of drug-likeness (QED) is 0.830. The van der Waals surface area contributed by atoms with E-state index in [0.29, 0.717) is 23.2 Å². The predicted octanol–water partition coefficient (Wildman–Crippen LogP) is 2.48. The van der Waals surface area contributed by atoms with Crippen LogP contribution in [0.2, 0.25) is 0 Å². The van der Waals surface area contributed by atoms with Gasteiger partial charge in [-0.05, 0) is 43.9 Å². The number of rotatable bonds is 6. The molecule has 2 aromatic rings. The number of benzene rings is 1. The van der Waals surface area contributed by atoms with Crippen LogP contribution in [0.4, 0.5) is 0 Å². The van der Waals surface area contributed by atoms with Crippen LogP contribution in [0.25, 0.3) is 0 Å². The van der Waals surface area contributed by atoms with E-state index < -0.39 is 0 Å². The first-order valence-electron chi connectivity index (χ1n) is 6.66. The lowest BCUT2D eigenvalue weighted by atomic mass is 10.2. The molecule has 0 spiro atoms. The van der Waals surface area contributed by atoms with Gasteiger partial charge < -0.3 is 4.74 Å². The SMILES string of the molecule is CCCOc1ccc(C(=O)Nn2c(C)nnc2SC)cc1. The van der Waals surface area contributed by atoms with E-state index in [1.54, 1.807) is 35.9 Å². The molecular weight excluding hydrogens is 288 g/mol. The molecule has 0 bridgehead atoms. The van der Waals surface area contributed by atoms with Gasteiger partial charge in [-0.25, -0.2) is 4.68 Å². The first kappa shape index (κ1) is 15.4. The number of amides is 1. The summed E-state index contributed by atoms with van der Waals surface area (Å²) in [5, 5.41) is 8.55. The Kier molecular flexibility index (Phi) is 5.21. The van der Waals surface area contributed by atoms with E-state index >= 15 is 0 Å². The number of ether oxygens (including phenoxy) is 1. The summed E-state index contributed by atoms with van der Waals surface area (Å²) in [5.74, 6) is 1.18. The zero-order valence-electron chi connectivity index (χ0n) is 12.3. The van der Waals surface area contributed by atoms with Gasteiger partial charge in [0.1, 0.15) is 11.6 Å². The fraction of sp³-hybridized carbons (Fsp3) is 0.357. The van der Waals surface area contributed by atoms with E-state index in [2.05, 4.69) is 15.6 Å². The smallest absolute Gasteiger partial charge is 0.270 e. The van der Waals surface area contributed by atoms with Crippen LogP contribution in [-0.4, -0.2) is 33.6 Å². The molecule has 112 valence electrons. The number of nitrogens with one attached hydrogen (secondary N) is 1. The lowest BCUT2D eigenvalue weighted by Gasteiger charge is -2.10. The summed E-state index contributed by atoms with van der Waals surface area (Å²) in [4.78, 5) is 12.2. The minimum absolute atomic E-state index is 0.213. The van der Waals surface area contributed by atoms with Crippen molar-refractivity contribution in [2.75, 3.05) is 18.3 Å². The Bertz CT molecular complexity index is 610. The maximum atomic E-state index is 12.2. The first-order chi connectivity index (χ1) is 10.2. The van der Waals surface area contributed by atoms with Crippen LogP contribution in [-0.2, 0) is 0 Å². The highest BCUT2D eigenvalue weighted by molar-refractivity contribution is 7.98. The van der Waals surface area contributed by atoms with Gasteiger partial charge in [0.15, 0.2) is 0 Å². The van der Waals surface area contributed by atoms with Crippen molar-refractivity contribution >= 4 is 17.7 Å². The van der Waals surface area contributed by atoms with Crippen molar-refractivity contribution in [1.82, 2.24) is 14.9 Å². The van der Waals surface area contributed by atoms with Crippen LogP contribution < -0.4 is 10.2 Å². The molecule has 0 saturated heterocycles. The molecule has 1 N–H and O–H groups in total. The minimum Gasteiger partial charge on any atom is -0.494 e. The Hall–Kier alpha value is -2.02. The van der Waals surface area contributed by atoms with Crippen LogP contribution >= 0.6 is 11.8 Å². The van der Waals surface area contributed by atoms with E-state index in [0.717, 1.165) is 12.2 Å². The predicted molar refractivity (Wildman–Crippen MR) is 82.5 cm³/mol. The highest BCUT2D eigenvalue weighted by Gasteiger charge is 2.12. The number of hydrogen-bond acceptors (Lipinski definition) is 5. The van der Waals surface area contributed by atoms with Crippen molar-refractivity contribution in [3.63, 3.8) is 0 Å². The van der Waals surface area contributed by atoms with Crippen LogP contribution in [0.1, 0.15) is 29.5 Å². The van der Waals surface area contributed by atoms with E-state index in [4.69, 9.17) is 4.74 Å². The highest BCUT2D eigenvalue weighted by Crippen LogP contribution is 2.14. The Morgan fingerprint density at radius 3 is 2.67 bits per heavy atom. The van der Waals surface area contributed by atoms with Crippen LogP contribution in [0.5, 0.6) is 5.75 Å². The monoisotopic (exact) mass is 306 g/mol. The molecule has 0 fully saturated rings. The molecule has 1 heterocycles. The van der Waals surface area contributed by atoms with Gasteiger partial charge in [-0.1, -0.05) is 18.7 Å². The second-order valence-electron chi connectivity index (χ2n) is 4.38. The zero-order valence-corrected chi connectivity index (χ0v) is 13.1. The first-order valence-corrected chi connectivity index (χ1v) is 7.88. The van der Waals surface area contributed by atoms with Crippen molar-refractivity contribution in [2.45, 2.75) is 25.4 Å². The van der Waals surface area contributed by atoms with Crippen molar-refractivity contribution in [3.05, 3.63) is 35.7 Å². The molecule has 0 atom stereocenters. The molecule has 7 heteroatoms. The molecule has 0 saturated carbocycles. The average molecular weight is 306 g/mol. The van der Waals surface area contributed by atoms with Gasteiger partial charge in [-0.3, -0.25) is 10.2 Å². The summed E-state index contributed by atoms with van der Waals surface area (Å²) in [5.41, 5.74) is 3.33. The van der Waals surface area contributed by atoms with Crippen molar-refractivity contribution in [3.8, 4) is 5.75 Å². The Morgan fingerprint density at radius 2 is 2.05 bits per heavy atom. The number of carbonyl (C=O) groups is 1. The lowest BCUT2D eigenvalue weighted by molar-refractivity contribution is 0.100. The standard InChI is InChI=1S/C14H18N4O2S/c1-4-9-20-12-7-5-11(6-8-12)13(19)17-18-10(2)15-16-14(18)21-3/h5-8H,4,9H2,1-3H3,(H,17,19). The molecule has 6 nitrogen and oxygen atoms in total. The van der Waals surface area contributed by atoms with E-state index in [-0.39, 0.29) is 5.91 Å². The van der Waals surface area contributed by atoms with Crippen LogP contribution in [0.3, 0.4) is 0 Å². The van der Waals surface area contributed by atoms with Crippen molar-refractivity contribution < 1.29 is 9.53 Å². The molecule has 1 amide bonds. The van der Waals surface area contributed by atoms with Gasteiger partial charge in [-0.2, -0.15) is 0 Å². The molecule has 2 rings (SSSR count). The molecule has 0 radical (unpaired) electrons. The Labute approximate surface area is 127 Å². The molecule has 1 aromatic heterocycles. The van der Waals surface area contributed by atoms with E-state index in [9.17, 15) is 4.79 Å². The normalized spacial score (nSPS) is 10.4. The minimum atomic E-state index is -0.213. The maximum absolute atomic E-state index is 12.2. The summed E-state index contributed by atoms with van der Waals surface area (Å²) in [6, 6.07) is 7.05. The fourth-order valence-electron chi connectivity index (χ4n) is 1.69. The average Bonchev–Trinajstić information content (AvgIpc) is 2.86. The fourth-order valence-corrected chi connectivity index (χ4v) is 2.18. The van der Waals surface area contributed by atoms with Gasteiger partial charge in [0.25, 0.3) is 5.91 Å². The second kappa shape index (κ2) is 7.12. The molecule has 0 unspecified atom stereocenters. The van der Waals surface area contributed by atoms with Crippen molar-refractivity contribution in [1.29, 1.82) is 0 Å².